The molecule has 2 aromatic rings. The number of rotatable bonds is 9. The van der Waals surface area contributed by atoms with Gasteiger partial charge in [-0.05, 0) is 26.7 Å². The second kappa shape index (κ2) is 8.83. The summed E-state index contributed by atoms with van der Waals surface area (Å²) in [6.45, 7) is 8.94. The van der Waals surface area contributed by atoms with E-state index in [0.29, 0.717) is 16.9 Å². The number of aryl methyl sites for hydroxylation is 1. The molecule has 1 atom stereocenters. The molecule has 138 valence electrons. The number of carbonyl (C=O) groups is 1. The number of aromatic nitrogens is 3. The second-order valence-corrected chi connectivity index (χ2v) is 6.75. The van der Waals surface area contributed by atoms with Crippen LogP contribution < -0.4 is 5.56 Å². The Kier molecular flexibility index (Phi) is 6.79. The van der Waals surface area contributed by atoms with Crippen molar-refractivity contribution in [1.82, 2.24) is 19.5 Å². The summed E-state index contributed by atoms with van der Waals surface area (Å²) in [5, 5.41) is 2.86. The number of H-pyrrole nitrogens is 1. The van der Waals surface area contributed by atoms with Crippen LogP contribution in [0.3, 0.4) is 0 Å². The molecule has 0 fully saturated rings. The molecule has 0 aliphatic heterocycles. The summed E-state index contributed by atoms with van der Waals surface area (Å²) in [6.07, 6.45) is 7.04. The van der Waals surface area contributed by atoms with Crippen LogP contribution in [-0.2, 0) is 11.2 Å². The minimum absolute atomic E-state index is 0.0190. The van der Waals surface area contributed by atoms with E-state index < -0.39 is 0 Å². The zero-order valence-corrected chi connectivity index (χ0v) is 15.8. The molecule has 1 amide bonds. The van der Waals surface area contributed by atoms with Crippen LogP contribution in [0.5, 0.6) is 0 Å². The van der Waals surface area contributed by atoms with Crippen molar-refractivity contribution in [2.24, 2.45) is 0 Å². The van der Waals surface area contributed by atoms with E-state index in [9.17, 15) is 9.59 Å². The third-order valence-electron chi connectivity index (χ3n) is 4.73. The quantitative estimate of drug-likeness (QED) is 0.709. The molecule has 6 nitrogen and oxygen atoms in total. The van der Waals surface area contributed by atoms with Crippen molar-refractivity contribution in [3.8, 4) is 0 Å². The largest absolute Gasteiger partial charge is 0.340 e. The molecule has 0 spiro atoms. The summed E-state index contributed by atoms with van der Waals surface area (Å²) in [6, 6.07) is 1.94. The molecule has 1 N–H and O–H groups in total. The molecule has 0 radical (unpaired) electrons. The van der Waals surface area contributed by atoms with Gasteiger partial charge in [-0.15, -0.1) is 0 Å². The lowest BCUT2D eigenvalue weighted by Gasteiger charge is -2.29. The van der Waals surface area contributed by atoms with Gasteiger partial charge in [0.25, 0.3) is 5.56 Å². The van der Waals surface area contributed by atoms with E-state index >= 15 is 0 Å². The molecule has 2 heterocycles. The lowest BCUT2D eigenvalue weighted by molar-refractivity contribution is -0.132. The van der Waals surface area contributed by atoms with E-state index in [1.54, 1.807) is 19.2 Å². The van der Waals surface area contributed by atoms with Gasteiger partial charge in [0.1, 0.15) is 0 Å². The highest BCUT2D eigenvalue weighted by atomic mass is 16.2. The molecule has 2 aromatic heterocycles. The van der Waals surface area contributed by atoms with Crippen LogP contribution in [0.4, 0.5) is 0 Å². The highest BCUT2D eigenvalue weighted by Gasteiger charge is 2.22. The number of hydrogen-bond acceptors (Lipinski definition) is 3. The fraction of sp³-hybridized carbons (Fsp3) is 0.632. The van der Waals surface area contributed by atoms with Crippen LogP contribution in [0.2, 0.25) is 0 Å². The molecule has 1 unspecified atom stereocenters. The Bertz CT molecular complexity index is 762. The average molecular weight is 346 g/mol. The Morgan fingerprint density at radius 1 is 1.32 bits per heavy atom. The predicted octanol–water partition coefficient (Wildman–Crippen LogP) is 3.08. The van der Waals surface area contributed by atoms with Gasteiger partial charge < -0.3 is 4.90 Å². The maximum atomic E-state index is 12.9. The maximum absolute atomic E-state index is 12.9. The zero-order valence-electron chi connectivity index (χ0n) is 15.8. The van der Waals surface area contributed by atoms with E-state index in [-0.39, 0.29) is 23.9 Å². The number of fused-ring (bicyclic) bond motifs is 1. The topological polar surface area (TPSA) is 70.5 Å². The Labute approximate surface area is 149 Å². The van der Waals surface area contributed by atoms with Gasteiger partial charge in [0, 0.05) is 36.1 Å². The van der Waals surface area contributed by atoms with E-state index in [4.69, 9.17) is 0 Å². The van der Waals surface area contributed by atoms with Crippen molar-refractivity contribution in [3.63, 3.8) is 0 Å². The fourth-order valence-corrected chi connectivity index (χ4v) is 3.26. The Morgan fingerprint density at radius 3 is 2.76 bits per heavy atom. The van der Waals surface area contributed by atoms with E-state index in [2.05, 4.69) is 30.9 Å². The van der Waals surface area contributed by atoms with E-state index in [0.717, 1.165) is 38.6 Å². The van der Waals surface area contributed by atoms with Crippen LogP contribution in [0.25, 0.3) is 5.65 Å². The number of carbonyl (C=O) groups excluding carboxylic acids is 1. The minimum atomic E-state index is -0.183. The van der Waals surface area contributed by atoms with Gasteiger partial charge in [0.2, 0.25) is 5.91 Å². The Morgan fingerprint density at radius 2 is 2.08 bits per heavy atom. The number of unbranched alkanes of at least 4 members (excludes halogenated alkanes) is 2. The zero-order chi connectivity index (χ0) is 18.4. The molecule has 0 saturated heterocycles. The van der Waals surface area contributed by atoms with Crippen molar-refractivity contribution in [2.75, 3.05) is 6.54 Å². The molecule has 0 aliphatic rings. The van der Waals surface area contributed by atoms with Gasteiger partial charge in [-0.2, -0.15) is 0 Å². The molecular weight excluding hydrogens is 316 g/mol. The first-order valence-corrected chi connectivity index (χ1v) is 9.34. The van der Waals surface area contributed by atoms with Gasteiger partial charge in [0.05, 0.1) is 6.42 Å². The van der Waals surface area contributed by atoms with Gasteiger partial charge >= 0.3 is 0 Å². The summed E-state index contributed by atoms with van der Waals surface area (Å²) in [5.74, 6) is 0.0190. The highest BCUT2D eigenvalue weighted by Crippen LogP contribution is 2.13. The average Bonchev–Trinajstić information content (AvgIpc) is 3.04. The molecule has 0 aromatic carbocycles. The minimum Gasteiger partial charge on any atom is -0.340 e. The summed E-state index contributed by atoms with van der Waals surface area (Å²) in [5.41, 5.74) is 1.51. The van der Waals surface area contributed by atoms with E-state index in [1.165, 1.54) is 4.52 Å². The second-order valence-electron chi connectivity index (χ2n) is 6.75. The molecule has 2 rings (SSSR count). The van der Waals surface area contributed by atoms with Gasteiger partial charge in [0.15, 0.2) is 5.65 Å². The molecule has 6 heteroatoms. The van der Waals surface area contributed by atoms with Crippen molar-refractivity contribution < 1.29 is 4.79 Å². The Balaban J connectivity index is 2.23. The van der Waals surface area contributed by atoms with E-state index in [1.807, 2.05) is 4.90 Å². The summed E-state index contributed by atoms with van der Waals surface area (Å²) in [7, 11) is 0. The number of nitrogens with one attached hydrogen (secondary N) is 1. The highest BCUT2D eigenvalue weighted by molar-refractivity contribution is 5.79. The van der Waals surface area contributed by atoms with Crippen molar-refractivity contribution in [3.05, 3.63) is 33.9 Å². The standard InChI is InChI=1S/C19H30N4O2/c1-5-7-8-12-22(14(3)9-6-2)18(24)13-16-15(4)21-17-10-11-20-23(17)19(16)25/h10-11,14,20H,5-9,12-13H2,1-4H3. The number of amides is 1. The first-order chi connectivity index (χ1) is 12.0. The van der Waals surface area contributed by atoms with Crippen LogP contribution in [0.15, 0.2) is 17.1 Å². The monoisotopic (exact) mass is 346 g/mol. The normalized spacial score (nSPS) is 12.5. The first kappa shape index (κ1) is 19.2. The molecule has 0 aliphatic carbocycles. The van der Waals surface area contributed by atoms with Crippen molar-refractivity contribution in [1.29, 1.82) is 0 Å². The predicted molar refractivity (Wildman–Crippen MR) is 99.9 cm³/mol. The van der Waals surface area contributed by atoms with Crippen LogP contribution in [0, 0.1) is 6.92 Å². The molecular formula is C19H30N4O2. The lowest BCUT2D eigenvalue weighted by atomic mass is 10.1. The Hall–Kier alpha value is -2.11. The fourth-order valence-electron chi connectivity index (χ4n) is 3.26. The first-order valence-electron chi connectivity index (χ1n) is 9.34. The van der Waals surface area contributed by atoms with Crippen molar-refractivity contribution in [2.45, 2.75) is 72.3 Å². The number of nitrogens with zero attached hydrogens (tertiary/aromatic N) is 3. The van der Waals surface area contributed by atoms with Crippen LogP contribution in [0.1, 0.15) is 64.1 Å². The number of hydrogen-bond donors (Lipinski definition) is 1. The number of aromatic amines is 1. The van der Waals surface area contributed by atoms with Crippen LogP contribution >= 0.6 is 0 Å². The van der Waals surface area contributed by atoms with Gasteiger partial charge in [-0.25, -0.2) is 9.50 Å². The molecule has 25 heavy (non-hydrogen) atoms. The maximum Gasteiger partial charge on any atom is 0.276 e. The third-order valence-corrected chi connectivity index (χ3v) is 4.73. The third kappa shape index (κ3) is 4.50. The summed E-state index contributed by atoms with van der Waals surface area (Å²) in [4.78, 5) is 32.0. The summed E-state index contributed by atoms with van der Waals surface area (Å²) < 4.78 is 1.40. The molecule has 0 saturated carbocycles. The smallest absolute Gasteiger partial charge is 0.276 e. The SMILES string of the molecule is CCCCCN(C(=O)Cc1c(C)nc2cc[nH]n2c1=O)C(C)CCC. The van der Waals surface area contributed by atoms with Crippen molar-refractivity contribution >= 4 is 11.6 Å². The lowest BCUT2D eigenvalue weighted by Crippen LogP contribution is -2.41. The van der Waals surface area contributed by atoms with Crippen LogP contribution in [-0.4, -0.2) is 38.0 Å². The van der Waals surface area contributed by atoms with Gasteiger partial charge in [-0.1, -0.05) is 33.1 Å². The van der Waals surface area contributed by atoms with Gasteiger partial charge in [-0.3, -0.25) is 14.7 Å². The molecule has 0 bridgehead atoms. The summed E-state index contributed by atoms with van der Waals surface area (Å²) >= 11 is 0.